The Bertz CT molecular complexity index is 316. The van der Waals surface area contributed by atoms with Crippen LogP contribution < -0.4 is 10.1 Å². The van der Waals surface area contributed by atoms with E-state index in [0.29, 0.717) is 12.1 Å². The fourth-order valence-corrected chi connectivity index (χ4v) is 1.92. The van der Waals surface area contributed by atoms with E-state index in [0.717, 1.165) is 5.75 Å². The van der Waals surface area contributed by atoms with Crippen LogP contribution in [0.3, 0.4) is 0 Å². The molecule has 2 rings (SSSR count). The van der Waals surface area contributed by atoms with Crippen LogP contribution in [0.2, 0.25) is 0 Å². The molecule has 1 N–H and O–H groups in total. The summed E-state index contributed by atoms with van der Waals surface area (Å²) in [4.78, 5) is 0. The second kappa shape index (κ2) is 5.35. The van der Waals surface area contributed by atoms with Gasteiger partial charge in [0.05, 0.1) is 6.10 Å². The summed E-state index contributed by atoms with van der Waals surface area (Å²) in [6, 6.07) is 9.00. The lowest BCUT2D eigenvalue weighted by Gasteiger charge is -2.16. The molecule has 0 amide bonds. The summed E-state index contributed by atoms with van der Waals surface area (Å²) in [7, 11) is 2.02. The summed E-state index contributed by atoms with van der Waals surface area (Å²) >= 11 is 0. The Kier molecular flexibility index (Phi) is 3.83. The summed E-state index contributed by atoms with van der Waals surface area (Å²) in [5.41, 5.74) is 1.35. The van der Waals surface area contributed by atoms with E-state index in [1.165, 1.54) is 31.2 Å². The minimum absolute atomic E-state index is 0.472. The molecule has 0 heterocycles. The normalized spacial score (nSPS) is 17.1. The lowest BCUT2D eigenvalue weighted by Crippen LogP contribution is -2.15. The third kappa shape index (κ3) is 2.99. The highest BCUT2D eigenvalue weighted by molar-refractivity contribution is 5.29. The van der Waals surface area contributed by atoms with Crippen LogP contribution >= 0.6 is 0 Å². The van der Waals surface area contributed by atoms with Gasteiger partial charge in [0, 0.05) is 6.04 Å². The molecule has 1 atom stereocenters. The monoisotopic (exact) mass is 219 g/mol. The molecular formula is C14H21NO. The quantitative estimate of drug-likeness (QED) is 0.792. The van der Waals surface area contributed by atoms with Gasteiger partial charge >= 0.3 is 0 Å². The highest BCUT2D eigenvalue weighted by Crippen LogP contribution is 2.28. The van der Waals surface area contributed by atoms with Crippen molar-refractivity contribution in [2.45, 2.75) is 44.8 Å². The minimum atomic E-state index is 0.472. The van der Waals surface area contributed by atoms with Crippen molar-refractivity contribution >= 4 is 0 Å². The fourth-order valence-electron chi connectivity index (χ4n) is 1.92. The molecule has 1 aliphatic rings. The van der Waals surface area contributed by atoms with Gasteiger partial charge in [-0.2, -0.15) is 0 Å². The zero-order valence-electron chi connectivity index (χ0n) is 10.2. The first-order valence-electron chi connectivity index (χ1n) is 6.27. The van der Waals surface area contributed by atoms with E-state index in [4.69, 9.17) is 4.74 Å². The smallest absolute Gasteiger partial charge is 0.119 e. The van der Waals surface area contributed by atoms with Crippen LogP contribution in [0.25, 0.3) is 0 Å². The van der Waals surface area contributed by atoms with E-state index in [2.05, 4.69) is 36.5 Å². The van der Waals surface area contributed by atoms with Crippen LogP contribution in [0.1, 0.15) is 44.2 Å². The summed E-state index contributed by atoms with van der Waals surface area (Å²) < 4.78 is 5.73. The lowest BCUT2D eigenvalue weighted by molar-refractivity contribution is 0.303. The first kappa shape index (κ1) is 11.5. The van der Waals surface area contributed by atoms with Gasteiger partial charge in [0.1, 0.15) is 5.75 Å². The number of nitrogens with one attached hydrogen (secondary N) is 1. The standard InChI is InChI=1S/C14H21NO/c1-3-4-14(15-2)11-5-7-12(8-6-11)16-13-9-10-13/h5-8,13-15H,3-4,9-10H2,1-2H3. The Hall–Kier alpha value is -1.02. The molecule has 16 heavy (non-hydrogen) atoms. The SMILES string of the molecule is CCCC(NC)c1ccc(OC2CC2)cc1. The van der Waals surface area contributed by atoms with Crippen LogP contribution in [-0.2, 0) is 0 Å². The fraction of sp³-hybridized carbons (Fsp3) is 0.571. The molecule has 0 radical (unpaired) electrons. The van der Waals surface area contributed by atoms with Gasteiger partial charge in [0.25, 0.3) is 0 Å². The summed E-state index contributed by atoms with van der Waals surface area (Å²) in [5, 5.41) is 3.35. The molecule has 0 saturated heterocycles. The number of ether oxygens (including phenoxy) is 1. The van der Waals surface area contributed by atoms with E-state index in [1.54, 1.807) is 0 Å². The van der Waals surface area contributed by atoms with Crippen molar-refractivity contribution < 1.29 is 4.74 Å². The summed E-state index contributed by atoms with van der Waals surface area (Å²) in [5.74, 6) is 1.01. The van der Waals surface area contributed by atoms with Crippen molar-refractivity contribution in [1.82, 2.24) is 5.32 Å². The number of rotatable bonds is 6. The van der Waals surface area contributed by atoms with Crippen molar-refractivity contribution in [3.8, 4) is 5.75 Å². The van der Waals surface area contributed by atoms with Crippen molar-refractivity contribution in [1.29, 1.82) is 0 Å². The van der Waals surface area contributed by atoms with Gasteiger partial charge in [-0.15, -0.1) is 0 Å². The number of hydrogen-bond acceptors (Lipinski definition) is 2. The van der Waals surface area contributed by atoms with E-state index < -0.39 is 0 Å². The van der Waals surface area contributed by atoms with Gasteiger partial charge in [-0.05, 0) is 44.0 Å². The zero-order chi connectivity index (χ0) is 11.4. The van der Waals surface area contributed by atoms with Crippen molar-refractivity contribution in [3.63, 3.8) is 0 Å². The van der Waals surface area contributed by atoms with Gasteiger partial charge in [0.15, 0.2) is 0 Å². The molecule has 0 aromatic heterocycles. The average molecular weight is 219 g/mol. The highest BCUT2D eigenvalue weighted by Gasteiger charge is 2.23. The maximum absolute atomic E-state index is 5.73. The highest BCUT2D eigenvalue weighted by atomic mass is 16.5. The maximum atomic E-state index is 5.73. The minimum Gasteiger partial charge on any atom is -0.490 e. The maximum Gasteiger partial charge on any atom is 0.119 e. The van der Waals surface area contributed by atoms with E-state index >= 15 is 0 Å². The zero-order valence-corrected chi connectivity index (χ0v) is 10.2. The second-order valence-electron chi connectivity index (χ2n) is 4.52. The first-order chi connectivity index (χ1) is 7.83. The van der Waals surface area contributed by atoms with E-state index in [1.807, 2.05) is 7.05 Å². The molecule has 2 nitrogen and oxygen atoms in total. The average Bonchev–Trinajstić information content (AvgIpc) is 3.11. The van der Waals surface area contributed by atoms with Crippen molar-refractivity contribution in [2.24, 2.45) is 0 Å². The third-order valence-corrected chi connectivity index (χ3v) is 3.04. The Morgan fingerprint density at radius 1 is 1.31 bits per heavy atom. The van der Waals surface area contributed by atoms with Crippen molar-refractivity contribution in [3.05, 3.63) is 29.8 Å². The molecule has 0 aliphatic heterocycles. The largest absolute Gasteiger partial charge is 0.490 e. The van der Waals surface area contributed by atoms with Gasteiger partial charge in [-0.1, -0.05) is 25.5 Å². The molecule has 0 bridgehead atoms. The molecule has 1 unspecified atom stereocenters. The first-order valence-corrected chi connectivity index (χ1v) is 6.27. The Morgan fingerprint density at radius 2 is 2.00 bits per heavy atom. The molecule has 1 fully saturated rings. The molecule has 88 valence electrons. The van der Waals surface area contributed by atoms with Gasteiger partial charge < -0.3 is 10.1 Å². The van der Waals surface area contributed by atoms with Crippen LogP contribution in [0.4, 0.5) is 0 Å². The van der Waals surface area contributed by atoms with Crippen LogP contribution in [-0.4, -0.2) is 13.2 Å². The van der Waals surface area contributed by atoms with Crippen molar-refractivity contribution in [2.75, 3.05) is 7.05 Å². The molecular weight excluding hydrogens is 198 g/mol. The molecule has 1 aliphatic carbocycles. The van der Waals surface area contributed by atoms with Crippen LogP contribution in [0.15, 0.2) is 24.3 Å². The van der Waals surface area contributed by atoms with Gasteiger partial charge in [-0.3, -0.25) is 0 Å². The predicted molar refractivity (Wildman–Crippen MR) is 66.8 cm³/mol. The lowest BCUT2D eigenvalue weighted by atomic mass is 10.0. The van der Waals surface area contributed by atoms with Crippen LogP contribution in [0.5, 0.6) is 5.75 Å². The summed E-state index contributed by atoms with van der Waals surface area (Å²) in [6.45, 7) is 2.22. The van der Waals surface area contributed by atoms with E-state index in [-0.39, 0.29) is 0 Å². The van der Waals surface area contributed by atoms with Gasteiger partial charge in [0.2, 0.25) is 0 Å². The molecule has 1 saturated carbocycles. The Balaban J connectivity index is 1.98. The molecule has 1 aromatic rings. The second-order valence-corrected chi connectivity index (χ2v) is 4.52. The van der Waals surface area contributed by atoms with E-state index in [9.17, 15) is 0 Å². The number of benzene rings is 1. The van der Waals surface area contributed by atoms with Crippen LogP contribution in [0, 0.1) is 0 Å². The number of hydrogen-bond donors (Lipinski definition) is 1. The predicted octanol–water partition coefficient (Wildman–Crippen LogP) is 3.29. The Labute approximate surface area is 98.0 Å². The topological polar surface area (TPSA) is 21.3 Å². The Morgan fingerprint density at radius 3 is 2.50 bits per heavy atom. The molecule has 2 heteroatoms. The molecule has 1 aromatic carbocycles. The molecule has 0 spiro atoms. The summed E-state index contributed by atoms with van der Waals surface area (Å²) in [6.07, 6.45) is 5.31. The van der Waals surface area contributed by atoms with Gasteiger partial charge in [-0.25, -0.2) is 0 Å². The third-order valence-electron chi connectivity index (χ3n) is 3.04.